The number of anilines is 1. The van der Waals surface area contributed by atoms with Gasteiger partial charge in [0.1, 0.15) is 11.9 Å². The molecule has 0 radical (unpaired) electrons. The summed E-state index contributed by atoms with van der Waals surface area (Å²) in [6.07, 6.45) is 4.84. The van der Waals surface area contributed by atoms with Gasteiger partial charge in [-0.15, -0.1) is 0 Å². The maximum Gasteiger partial charge on any atom is 0.240 e. The molecule has 3 aromatic rings. The number of ketones is 2. The second-order valence-corrected chi connectivity index (χ2v) is 9.84. The molecule has 3 aromatic carbocycles. The number of carbonyl (C=O) groups excluding carboxylic acids is 4. The Morgan fingerprint density at radius 3 is 2.16 bits per heavy atom. The summed E-state index contributed by atoms with van der Waals surface area (Å²) >= 11 is 6.00. The molecule has 38 heavy (non-hydrogen) atoms. The van der Waals surface area contributed by atoms with Gasteiger partial charge in [0.25, 0.3) is 0 Å². The van der Waals surface area contributed by atoms with Gasteiger partial charge in [-0.2, -0.15) is 0 Å². The summed E-state index contributed by atoms with van der Waals surface area (Å²) in [5.74, 6) is -4.63. The second kappa shape index (κ2) is 9.19. The first-order valence-corrected chi connectivity index (χ1v) is 12.4. The van der Waals surface area contributed by atoms with Gasteiger partial charge in [0.15, 0.2) is 11.6 Å². The summed E-state index contributed by atoms with van der Waals surface area (Å²) in [4.78, 5) is 57.0. The van der Waals surface area contributed by atoms with Gasteiger partial charge in [0.05, 0.1) is 23.6 Å². The van der Waals surface area contributed by atoms with Crippen LogP contribution in [0.25, 0.3) is 0 Å². The summed E-state index contributed by atoms with van der Waals surface area (Å²) in [5, 5.41) is 0.450. The minimum Gasteiger partial charge on any atom is -0.359 e. The molecule has 0 unspecified atom stereocenters. The van der Waals surface area contributed by atoms with Crippen LogP contribution in [0.2, 0.25) is 5.02 Å². The monoisotopic (exact) mass is 526 g/mol. The molecule has 6 nitrogen and oxygen atoms in total. The van der Waals surface area contributed by atoms with Crippen molar-refractivity contribution in [3.8, 4) is 0 Å². The smallest absolute Gasteiger partial charge is 0.240 e. The van der Waals surface area contributed by atoms with E-state index in [9.17, 15) is 23.6 Å². The molecule has 3 heterocycles. The van der Waals surface area contributed by atoms with Gasteiger partial charge in [-0.05, 0) is 42.5 Å². The largest absolute Gasteiger partial charge is 0.359 e. The molecule has 0 aromatic heterocycles. The van der Waals surface area contributed by atoms with Crippen LogP contribution in [0.4, 0.5) is 10.1 Å². The number of nitrogens with zero attached hydrogens (tertiary/aromatic N) is 2. The number of fused-ring (bicyclic) bond motifs is 3. The fourth-order valence-corrected chi connectivity index (χ4v) is 5.74. The highest BCUT2D eigenvalue weighted by Crippen LogP contribution is 2.47. The lowest BCUT2D eigenvalue weighted by molar-refractivity contribution is -0.123. The molecule has 8 heteroatoms. The van der Waals surface area contributed by atoms with Crippen LogP contribution in [0.15, 0.2) is 103 Å². The van der Waals surface area contributed by atoms with E-state index in [1.165, 1.54) is 24.3 Å². The lowest BCUT2D eigenvalue weighted by Gasteiger charge is -2.32. The Balaban J connectivity index is 1.44. The zero-order valence-corrected chi connectivity index (χ0v) is 20.6. The highest BCUT2D eigenvalue weighted by atomic mass is 35.5. The lowest BCUT2D eigenvalue weighted by atomic mass is 9.85. The van der Waals surface area contributed by atoms with E-state index in [-0.39, 0.29) is 17.3 Å². The number of benzene rings is 3. The number of rotatable bonds is 5. The first-order valence-electron chi connectivity index (χ1n) is 12.1. The average molecular weight is 527 g/mol. The maximum absolute atomic E-state index is 14.7. The minimum atomic E-state index is -1.07. The molecule has 0 N–H and O–H groups in total. The summed E-state index contributed by atoms with van der Waals surface area (Å²) in [5.41, 5.74) is 0.992. The number of carbonyl (C=O) groups is 4. The van der Waals surface area contributed by atoms with Crippen molar-refractivity contribution in [2.24, 2.45) is 11.8 Å². The number of para-hydroxylation sites is 1. The fourth-order valence-electron chi connectivity index (χ4n) is 5.61. The predicted octanol–water partition coefficient (Wildman–Crippen LogP) is 4.86. The van der Waals surface area contributed by atoms with Gasteiger partial charge in [-0.25, -0.2) is 9.29 Å². The molecule has 3 aliphatic rings. The Morgan fingerprint density at radius 1 is 0.789 bits per heavy atom. The third-order valence-electron chi connectivity index (χ3n) is 7.34. The zero-order chi connectivity index (χ0) is 26.6. The normalized spacial score (nSPS) is 23.8. The van der Waals surface area contributed by atoms with Crippen LogP contribution < -0.4 is 4.90 Å². The summed E-state index contributed by atoms with van der Waals surface area (Å²) < 4.78 is 14.7. The van der Waals surface area contributed by atoms with Crippen LogP contribution in [0, 0.1) is 17.7 Å². The van der Waals surface area contributed by atoms with Crippen molar-refractivity contribution < 1.29 is 23.6 Å². The number of hydrogen-bond acceptors (Lipinski definition) is 5. The molecule has 0 saturated carbocycles. The van der Waals surface area contributed by atoms with Crippen molar-refractivity contribution in [1.82, 2.24) is 4.90 Å². The van der Waals surface area contributed by atoms with E-state index in [1.54, 1.807) is 77.8 Å². The Hall–Kier alpha value is -4.36. The summed E-state index contributed by atoms with van der Waals surface area (Å²) in [6, 6.07) is 18.8. The average Bonchev–Trinajstić information content (AvgIpc) is 3.41. The van der Waals surface area contributed by atoms with Crippen molar-refractivity contribution in [3.05, 3.63) is 125 Å². The lowest BCUT2D eigenvalue weighted by Crippen LogP contribution is -2.46. The van der Waals surface area contributed by atoms with Crippen molar-refractivity contribution in [2.45, 2.75) is 12.1 Å². The van der Waals surface area contributed by atoms with Crippen LogP contribution in [0.5, 0.6) is 0 Å². The quantitative estimate of drug-likeness (QED) is 0.351. The molecule has 0 bridgehead atoms. The van der Waals surface area contributed by atoms with E-state index in [0.717, 1.165) is 4.90 Å². The summed E-state index contributed by atoms with van der Waals surface area (Å²) in [6.45, 7) is 0. The summed E-state index contributed by atoms with van der Waals surface area (Å²) in [7, 11) is 0. The molecule has 0 aliphatic carbocycles. The van der Waals surface area contributed by atoms with Crippen molar-refractivity contribution in [3.63, 3.8) is 0 Å². The number of hydrogen-bond donors (Lipinski definition) is 0. The highest BCUT2D eigenvalue weighted by Gasteiger charge is 2.63. The van der Waals surface area contributed by atoms with Gasteiger partial charge in [-0.3, -0.25) is 19.2 Å². The fraction of sp³-hybridized carbons (Fsp3) is 0.133. The zero-order valence-electron chi connectivity index (χ0n) is 19.8. The molecule has 2 amide bonds. The third kappa shape index (κ3) is 3.70. The van der Waals surface area contributed by atoms with Gasteiger partial charge >= 0.3 is 0 Å². The first kappa shape index (κ1) is 24.0. The van der Waals surface area contributed by atoms with Crippen LogP contribution in [-0.2, 0) is 9.59 Å². The second-order valence-electron chi connectivity index (χ2n) is 9.40. The Labute approximate surface area is 222 Å². The maximum atomic E-state index is 14.7. The number of halogens is 2. The van der Waals surface area contributed by atoms with Crippen molar-refractivity contribution >= 4 is 40.7 Å². The van der Waals surface area contributed by atoms with Crippen molar-refractivity contribution in [1.29, 1.82) is 0 Å². The van der Waals surface area contributed by atoms with Gasteiger partial charge < -0.3 is 4.90 Å². The Kier molecular flexibility index (Phi) is 5.80. The third-order valence-corrected chi connectivity index (χ3v) is 7.59. The Morgan fingerprint density at radius 2 is 1.45 bits per heavy atom. The molecule has 188 valence electrons. The first-order chi connectivity index (χ1) is 18.4. The van der Waals surface area contributed by atoms with E-state index < -0.39 is 41.6 Å². The molecule has 2 saturated heterocycles. The number of imide groups is 1. The topological polar surface area (TPSA) is 74.8 Å². The molecule has 0 spiro atoms. The number of allylic oxidation sites excluding steroid dienone is 2. The highest BCUT2D eigenvalue weighted by molar-refractivity contribution is 6.30. The predicted molar refractivity (Wildman–Crippen MR) is 139 cm³/mol. The molecule has 6 rings (SSSR count). The van der Waals surface area contributed by atoms with E-state index in [0.29, 0.717) is 21.7 Å². The van der Waals surface area contributed by atoms with Crippen LogP contribution >= 0.6 is 11.6 Å². The molecular weight excluding hydrogens is 507 g/mol. The van der Waals surface area contributed by atoms with E-state index >= 15 is 0 Å². The standard InChI is InChI=1S/C30H20ClFN2O4/c31-20-12-10-18(11-13-20)28(36)26-25-24(29(37)34(30(25)38)22-9-5-4-8-21(22)32)23-16-19(14-15-33(23)26)27(35)17-6-2-1-3-7-17/h1-16,23-26H/t23-,24+,25-,26+/m1/s1. The minimum absolute atomic E-state index is 0.156. The van der Waals surface area contributed by atoms with E-state index in [1.807, 2.05) is 0 Å². The molecule has 4 atom stereocenters. The molecular formula is C30H20ClFN2O4. The van der Waals surface area contributed by atoms with Gasteiger partial charge in [-0.1, -0.05) is 60.1 Å². The molecule has 2 fully saturated rings. The van der Waals surface area contributed by atoms with Crippen LogP contribution in [0.1, 0.15) is 20.7 Å². The number of amides is 2. The SMILES string of the molecule is O=C(C1=C[C@@H]2[C@@H]3C(=O)N(c4ccccc4F)C(=O)[C@H]3[C@@H](C(=O)c3ccc(Cl)cc3)N2C=C1)c1ccccc1. The Bertz CT molecular complexity index is 1550. The van der Waals surface area contributed by atoms with Gasteiger partial charge in [0.2, 0.25) is 11.8 Å². The van der Waals surface area contributed by atoms with Crippen LogP contribution in [0.3, 0.4) is 0 Å². The van der Waals surface area contributed by atoms with Crippen LogP contribution in [-0.4, -0.2) is 40.4 Å². The van der Waals surface area contributed by atoms with Gasteiger partial charge in [0, 0.05) is 27.9 Å². The molecule has 3 aliphatic heterocycles. The van der Waals surface area contributed by atoms with Crippen molar-refractivity contribution in [2.75, 3.05) is 4.90 Å². The van der Waals surface area contributed by atoms with E-state index in [4.69, 9.17) is 11.6 Å². The number of Topliss-reactive ketones (excluding diaryl/α,β-unsaturated/α-hetero) is 2. The van der Waals surface area contributed by atoms with E-state index in [2.05, 4.69) is 0 Å².